The summed E-state index contributed by atoms with van der Waals surface area (Å²) in [5.41, 5.74) is 1.71. The molecule has 1 amide bonds. The minimum Gasteiger partial charge on any atom is -0.445 e. The molecule has 29 heavy (non-hydrogen) atoms. The van der Waals surface area contributed by atoms with E-state index < -0.39 is 31.1 Å². The van der Waals surface area contributed by atoms with Crippen LogP contribution in [0.2, 0.25) is 0 Å². The molecule has 1 fully saturated rings. The van der Waals surface area contributed by atoms with Gasteiger partial charge < -0.3 is 29.8 Å². The molecule has 4 rings (SSSR count). The number of hydrogen-bond donors (Lipinski definition) is 4. The minimum atomic E-state index is -1.22. The Morgan fingerprint density at radius 2 is 1.97 bits per heavy atom. The lowest BCUT2D eigenvalue weighted by molar-refractivity contribution is -0.765. The van der Waals surface area contributed by atoms with Gasteiger partial charge in [0, 0.05) is 17.3 Å². The van der Waals surface area contributed by atoms with Gasteiger partial charge in [-0.3, -0.25) is 4.79 Å². The van der Waals surface area contributed by atoms with E-state index in [1.807, 2.05) is 0 Å². The van der Waals surface area contributed by atoms with Gasteiger partial charge in [-0.05, 0) is 30.3 Å². The highest BCUT2D eigenvalue weighted by Crippen LogP contribution is 2.25. The predicted molar refractivity (Wildman–Crippen MR) is 99.5 cm³/mol. The average molecular weight is 398 g/mol. The van der Waals surface area contributed by atoms with Crippen molar-refractivity contribution in [2.45, 2.75) is 24.5 Å². The number of carbonyl (C=O) groups excluding carboxylic acids is 1. The van der Waals surface area contributed by atoms with Gasteiger partial charge in [-0.1, -0.05) is 0 Å². The van der Waals surface area contributed by atoms with E-state index in [1.165, 1.54) is 17.0 Å². The molecular formula is C20H20N3O6+. The molecule has 0 saturated carbocycles. The number of rotatable bonds is 5. The second kappa shape index (κ2) is 8.10. The molecule has 4 atom stereocenters. The number of anilines is 1. The van der Waals surface area contributed by atoms with Gasteiger partial charge in [0.05, 0.1) is 12.8 Å². The lowest BCUT2D eigenvalue weighted by Gasteiger charge is -2.11. The van der Waals surface area contributed by atoms with E-state index in [0.29, 0.717) is 17.1 Å². The maximum Gasteiger partial charge on any atom is 0.292 e. The van der Waals surface area contributed by atoms with Crippen molar-refractivity contribution >= 4 is 11.6 Å². The summed E-state index contributed by atoms with van der Waals surface area (Å²) in [5, 5.41) is 32.1. The molecule has 3 aromatic rings. The summed E-state index contributed by atoms with van der Waals surface area (Å²) in [4.78, 5) is 16.7. The van der Waals surface area contributed by atoms with E-state index in [2.05, 4.69) is 10.3 Å². The first-order chi connectivity index (χ1) is 14.1. The van der Waals surface area contributed by atoms with Crippen LogP contribution in [0.25, 0.3) is 11.5 Å². The molecular weight excluding hydrogens is 378 g/mol. The third kappa shape index (κ3) is 3.89. The first kappa shape index (κ1) is 19.2. The number of pyridine rings is 1. The average Bonchev–Trinajstić information content (AvgIpc) is 3.38. The van der Waals surface area contributed by atoms with Crippen LogP contribution in [0, 0.1) is 0 Å². The number of amides is 1. The maximum absolute atomic E-state index is 12.6. The Morgan fingerprint density at radius 3 is 2.62 bits per heavy atom. The van der Waals surface area contributed by atoms with Crippen LogP contribution >= 0.6 is 0 Å². The van der Waals surface area contributed by atoms with E-state index >= 15 is 0 Å². The second-order valence-corrected chi connectivity index (χ2v) is 6.64. The Kier molecular flexibility index (Phi) is 5.36. The van der Waals surface area contributed by atoms with Gasteiger partial charge >= 0.3 is 0 Å². The molecule has 150 valence electrons. The molecule has 9 heteroatoms. The largest absolute Gasteiger partial charge is 0.445 e. The Balaban J connectivity index is 1.48. The summed E-state index contributed by atoms with van der Waals surface area (Å²) in [6.07, 6.45) is 1.94. The highest BCUT2D eigenvalue weighted by Gasteiger charge is 2.48. The molecule has 0 unspecified atom stereocenters. The van der Waals surface area contributed by atoms with Crippen molar-refractivity contribution in [3.8, 4) is 11.5 Å². The number of carbonyl (C=O) groups is 1. The number of benzene rings is 1. The van der Waals surface area contributed by atoms with Crippen LogP contribution < -0.4 is 9.88 Å². The lowest BCUT2D eigenvalue weighted by atomic mass is 10.1. The number of nitrogens with one attached hydrogen (secondary N) is 1. The Labute approximate surface area is 165 Å². The van der Waals surface area contributed by atoms with E-state index in [1.54, 1.807) is 48.8 Å². The summed E-state index contributed by atoms with van der Waals surface area (Å²) in [6, 6.07) is 10.3. The molecule has 0 aliphatic carbocycles. The van der Waals surface area contributed by atoms with Gasteiger partial charge in [-0.25, -0.2) is 4.98 Å². The van der Waals surface area contributed by atoms with Crippen LogP contribution in [0.5, 0.6) is 0 Å². The smallest absolute Gasteiger partial charge is 0.292 e. The topological polar surface area (TPSA) is 129 Å². The standard InChI is InChI=1S/C20H19N3O6/c24-11-15-16(25)17(26)20(29-15)23-8-1-2-13(10-23)18(27)22-14-5-3-12(4-6-14)19-21-7-9-28-19/h1-10,15-17,20,24-26H,11H2/p+1/t15-,16-,17-,20-/m1/s1. The van der Waals surface area contributed by atoms with Crippen LogP contribution in [-0.2, 0) is 4.74 Å². The first-order valence-corrected chi connectivity index (χ1v) is 9.01. The summed E-state index contributed by atoms with van der Waals surface area (Å²) in [5.74, 6) is 0.139. The number of oxazole rings is 1. The highest BCUT2D eigenvalue weighted by atomic mass is 16.6. The van der Waals surface area contributed by atoms with Gasteiger partial charge in [0.25, 0.3) is 12.1 Å². The van der Waals surface area contributed by atoms with Crippen LogP contribution in [0.15, 0.2) is 65.7 Å². The van der Waals surface area contributed by atoms with Crippen molar-refractivity contribution in [3.05, 3.63) is 66.8 Å². The van der Waals surface area contributed by atoms with Crippen molar-refractivity contribution in [1.29, 1.82) is 0 Å². The van der Waals surface area contributed by atoms with Gasteiger partial charge in [0.2, 0.25) is 5.89 Å². The Bertz CT molecular complexity index is 976. The first-order valence-electron chi connectivity index (χ1n) is 9.01. The maximum atomic E-state index is 12.6. The fourth-order valence-electron chi connectivity index (χ4n) is 3.18. The normalized spacial score (nSPS) is 23.8. The lowest BCUT2D eigenvalue weighted by Crippen LogP contribution is -2.46. The molecule has 0 bridgehead atoms. The molecule has 1 aromatic carbocycles. The van der Waals surface area contributed by atoms with Crippen LogP contribution in [0.4, 0.5) is 5.69 Å². The molecule has 1 saturated heterocycles. The third-order valence-corrected chi connectivity index (χ3v) is 4.72. The molecule has 4 N–H and O–H groups in total. The number of hydrogen-bond acceptors (Lipinski definition) is 7. The van der Waals surface area contributed by atoms with Gasteiger partial charge in [0.15, 0.2) is 18.5 Å². The highest BCUT2D eigenvalue weighted by molar-refractivity contribution is 6.03. The van der Waals surface area contributed by atoms with E-state index in [9.17, 15) is 20.1 Å². The molecule has 0 spiro atoms. The molecule has 9 nitrogen and oxygen atoms in total. The van der Waals surface area contributed by atoms with Gasteiger partial charge in [-0.15, -0.1) is 0 Å². The summed E-state index contributed by atoms with van der Waals surface area (Å²) >= 11 is 0. The fourth-order valence-corrected chi connectivity index (χ4v) is 3.18. The van der Waals surface area contributed by atoms with Crippen molar-refractivity contribution < 1.29 is 33.8 Å². The minimum absolute atomic E-state index is 0.335. The Morgan fingerprint density at radius 1 is 1.17 bits per heavy atom. The zero-order chi connectivity index (χ0) is 20.4. The fraction of sp³-hybridized carbons (Fsp3) is 0.250. The quantitative estimate of drug-likeness (QED) is 0.461. The van der Waals surface area contributed by atoms with Crippen molar-refractivity contribution in [2.24, 2.45) is 0 Å². The van der Waals surface area contributed by atoms with Gasteiger partial charge in [-0.2, -0.15) is 4.57 Å². The third-order valence-electron chi connectivity index (χ3n) is 4.72. The number of aromatic nitrogens is 2. The van der Waals surface area contributed by atoms with Crippen molar-refractivity contribution in [2.75, 3.05) is 11.9 Å². The number of ether oxygens (including phenoxy) is 1. The van der Waals surface area contributed by atoms with Crippen molar-refractivity contribution in [3.63, 3.8) is 0 Å². The molecule has 2 aromatic heterocycles. The van der Waals surface area contributed by atoms with Crippen molar-refractivity contribution in [1.82, 2.24) is 4.98 Å². The van der Waals surface area contributed by atoms with Crippen LogP contribution in [-0.4, -0.2) is 51.1 Å². The molecule has 0 radical (unpaired) electrons. The molecule has 1 aliphatic rings. The number of nitrogens with zero attached hydrogens (tertiary/aromatic N) is 2. The zero-order valence-electron chi connectivity index (χ0n) is 15.3. The number of aliphatic hydroxyl groups excluding tert-OH is 3. The van der Waals surface area contributed by atoms with E-state index in [4.69, 9.17) is 9.15 Å². The zero-order valence-corrected chi connectivity index (χ0v) is 15.3. The van der Waals surface area contributed by atoms with E-state index in [-0.39, 0.29) is 5.91 Å². The molecule has 1 aliphatic heterocycles. The van der Waals surface area contributed by atoms with Crippen LogP contribution in [0.1, 0.15) is 16.6 Å². The summed E-state index contributed by atoms with van der Waals surface area (Å²) in [6.45, 7) is -0.418. The van der Waals surface area contributed by atoms with Gasteiger partial charge in [0.1, 0.15) is 24.0 Å². The number of aliphatic hydroxyl groups is 3. The summed E-state index contributed by atoms with van der Waals surface area (Å²) < 4.78 is 12.2. The predicted octanol–water partition coefficient (Wildman–Crippen LogP) is 0.493. The van der Waals surface area contributed by atoms with E-state index in [0.717, 1.165) is 5.56 Å². The second-order valence-electron chi connectivity index (χ2n) is 6.64. The Hall–Kier alpha value is -3.11. The van der Waals surface area contributed by atoms with Crippen LogP contribution in [0.3, 0.4) is 0 Å². The monoisotopic (exact) mass is 398 g/mol. The summed E-state index contributed by atoms with van der Waals surface area (Å²) in [7, 11) is 0. The SMILES string of the molecule is O=C(Nc1ccc(-c2ncco2)cc1)c1ccc[n+]([C@@H]2O[C@H](CO)[C@@H](O)[C@H]2O)c1. The molecule has 3 heterocycles.